The molecule has 0 unspecified atom stereocenters. The maximum Gasteiger partial charge on any atom is 0.339 e. The van der Waals surface area contributed by atoms with E-state index < -0.39 is 10.1 Å². The Bertz CT molecular complexity index is 1020. The van der Waals surface area contributed by atoms with Crippen molar-refractivity contribution < 1.29 is 21.9 Å². The highest BCUT2D eigenvalue weighted by Gasteiger charge is 2.16. The number of nitrogens with zero attached hydrogens (tertiary/aromatic N) is 1. The molecule has 2 N–H and O–H groups in total. The fourth-order valence-electron chi connectivity index (χ4n) is 2.66. The summed E-state index contributed by atoms with van der Waals surface area (Å²) in [5.74, 6) is 0.798. The van der Waals surface area contributed by atoms with Gasteiger partial charge in [-0.25, -0.2) is 4.57 Å². The minimum atomic E-state index is -3.88. The second kappa shape index (κ2) is 8.75. The van der Waals surface area contributed by atoms with Crippen LogP contribution >= 0.6 is 0 Å². The normalized spacial score (nSPS) is 11.2. The Morgan fingerprint density at radius 3 is 2.36 bits per heavy atom. The van der Waals surface area contributed by atoms with Crippen LogP contribution in [0.4, 0.5) is 5.69 Å². The van der Waals surface area contributed by atoms with Crippen LogP contribution in [0, 0.1) is 6.92 Å². The molecule has 1 heterocycles. The van der Waals surface area contributed by atoms with Crippen molar-refractivity contribution in [3.63, 3.8) is 0 Å². The van der Waals surface area contributed by atoms with Gasteiger partial charge >= 0.3 is 10.1 Å². The Balaban J connectivity index is 1.60. The Hall–Kier alpha value is -3.06. The monoisotopic (exact) mass is 399 g/mol. The third-order valence-electron chi connectivity index (χ3n) is 4.01. The average Bonchev–Trinajstić information content (AvgIpc) is 2.66. The molecule has 0 aliphatic heterocycles. The van der Waals surface area contributed by atoms with Crippen LogP contribution in [0.15, 0.2) is 78.0 Å². The van der Waals surface area contributed by atoms with Crippen molar-refractivity contribution in [2.45, 2.75) is 24.8 Å². The van der Waals surface area contributed by atoms with Crippen LogP contribution in [0.1, 0.15) is 12.0 Å². The lowest BCUT2D eigenvalue weighted by molar-refractivity contribution is -0.697. The van der Waals surface area contributed by atoms with Crippen molar-refractivity contribution in [1.29, 1.82) is 0 Å². The number of pyridine rings is 1. The second-order valence-electron chi connectivity index (χ2n) is 6.40. The summed E-state index contributed by atoms with van der Waals surface area (Å²) in [5.41, 5.74) is 7.25. The van der Waals surface area contributed by atoms with Gasteiger partial charge in [-0.1, -0.05) is 18.2 Å². The van der Waals surface area contributed by atoms with Crippen LogP contribution in [0.25, 0.3) is 0 Å². The van der Waals surface area contributed by atoms with Crippen molar-refractivity contribution in [2.75, 3.05) is 12.3 Å². The first-order valence-electron chi connectivity index (χ1n) is 8.91. The summed E-state index contributed by atoms with van der Waals surface area (Å²) in [5, 5.41) is 0. The molecule has 3 aromatic rings. The number of benzene rings is 2. The van der Waals surface area contributed by atoms with E-state index in [2.05, 4.69) is 0 Å². The van der Waals surface area contributed by atoms with E-state index in [4.69, 9.17) is 14.7 Å². The summed E-state index contributed by atoms with van der Waals surface area (Å²) in [6, 6.07) is 16.8. The predicted octanol–water partition coefficient (Wildman–Crippen LogP) is 3.10. The van der Waals surface area contributed by atoms with E-state index in [0.29, 0.717) is 12.4 Å². The molecule has 0 amide bonds. The number of nitrogen functional groups attached to an aromatic ring is 1. The van der Waals surface area contributed by atoms with Crippen molar-refractivity contribution in [3.8, 4) is 11.5 Å². The van der Waals surface area contributed by atoms with Gasteiger partial charge in [-0.05, 0) is 36.8 Å². The first-order chi connectivity index (χ1) is 13.4. The smallest absolute Gasteiger partial charge is 0.339 e. The highest BCUT2D eigenvalue weighted by molar-refractivity contribution is 7.87. The summed E-state index contributed by atoms with van der Waals surface area (Å²) < 4.78 is 37.9. The fourth-order valence-corrected chi connectivity index (χ4v) is 3.60. The number of rotatable bonds is 8. The zero-order valence-electron chi connectivity index (χ0n) is 15.6. The van der Waals surface area contributed by atoms with E-state index in [-0.39, 0.29) is 10.6 Å². The number of hydrogen-bond donors (Lipinski definition) is 1. The number of hydrogen-bond acceptors (Lipinski definition) is 5. The quantitative estimate of drug-likeness (QED) is 0.358. The lowest BCUT2D eigenvalue weighted by atomic mass is 10.2. The van der Waals surface area contributed by atoms with Crippen molar-refractivity contribution >= 4 is 15.8 Å². The summed E-state index contributed by atoms with van der Waals surface area (Å²) >= 11 is 0. The molecular formula is C21H23N2O4S+. The molecule has 0 radical (unpaired) electrons. The summed E-state index contributed by atoms with van der Waals surface area (Å²) in [7, 11) is -3.88. The third kappa shape index (κ3) is 5.47. The molecule has 0 fully saturated rings. The second-order valence-corrected chi connectivity index (χ2v) is 7.95. The van der Waals surface area contributed by atoms with Crippen LogP contribution in [0.2, 0.25) is 0 Å². The Morgan fingerprint density at radius 1 is 0.964 bits per heavy atom. The minimum absolute atomic E-state index is 0.111. The standard InChI is InChI=1S/C21H22N2O4S/c1-17-14-19(26-13-5-10-23-11-8-18(22)9-12-23)16-20(15-17)27-28(24,25)21-6-3-2-4-7-21/h2-4,6-9,11-12,14-16,22H,5,10,13H2,1H3/p+1. The SMILES string of the molecule is Cc1cc(OCCC[n+]2ccc(N)cc2)cc(OS(=O)(=O)c2ccccc2)c1. The van der Waals surface area contributed by atoms with Gasteiger partial charge in [-0.2, -0.15) is 8.42 Å². The van der Waals surface area contributed by atoms with E-state index in [1.807, 2.05) is 42.1 Å². The molecule has 2 aromatic carbocycles. The van der Waals surface area contributed by atoms with E-state index in [1.165, 1.54) is 12.1 Å². The molecule has 7 heteroatoms. The lowest BCUT2D eigenvalue weighted by Gasteiger charge is -2.11. The molecule has 0 saturated heterocycles. The molecule has 28 heavy (non-hydrogen) atoms. The van der Waals surface area contributed by atoms with Crippen molar-refractivity contribution in [3.05, 3.63) is 78.6 Å². The fraction of sp³-hybridized carbons (Fsp3) is 0.190. The number of anilines is 1. The maximum atomic E-state index is 12.4. The van der Waals surface area contributed by atoms with Crippen LogP contribution in [0.3, 0.4) is 0 Å². The minimum Gasteiger partial charge on any atom is -0.493 e. The topological polar surface area (TPSA) is 82.5 Å². The Labute approximate surface area is 165 Å². The van der Waals surface area contributed by atoms with Crippen LogP contribution < -0.4 is 19.2 Å². The van der Waals surface area contributed by atoms with Gasteiger partial charge in [0.15, 0.2) is 18.9 Å². The molecule has 6 nitrogen and oxygen atoms in total. The Morgan fingerprint density at radius 2 is 1.64 bits per heavy atom. The Kier molecular flexibility index (Phi) is 6.16. The van der Waals surface area contributed by atoms with Gasteiger partial charge < -0.3 is 14.7 Å². The zero-order valence-corrected chi connectivity index (χ0v) is 16.4. The average molecular weight is 399 g/mol. The summed E-state index contributed by atoms with van der Waals surface area (Å²) in [6.45, 7) is 3.14. The van der Waals surface area contributed by atoms with Gasteiger partial charge in [-0.3, -0.25) is 0 Å². The molecule has 146 valence electrons. The predicted molar refractivity (Wildman–Crippen MR) is 107 cm³/mol. The zero-order chi connectivity index (χ0) is 20.0. The van der Waals surface area contributed by atoms with E-state index in [0.717, 1.165) is 24.2 Å². The van der Waals surface area contributed by atoms with Gasteiger partial charge in [0.05, 0.1) is 6.61 Å². The molecule has 0 aliphatic carbocycles. The largest absolute Gasteiger partial charge is 0.493 e. The molecule has 0 atom stereocenters. The van der Waals surface area contributed by atoms with Gasteiger partial charge in [0, 0.05) is 30.3 Å². The summed E-state index contributed by atoms with van der Waals surface area (Å²) in [6.07, 6.45) is 4.63. The van der Waals surface area contributed by atoms with Crippen molar-refractivity contribution in [1.82, 2.24) is 0 Å². The number of aromatic nitrogens is 1. The van der Waals surface area contributed by atoms with E-state index in [1.54, 1.807) is 30.3 Å². The number of nitrogens with two attached hydrogens (primary N) is 1. The van der Waals surface area contributed by atoms with Crippen LogP contribution in [0.5, 0.6) is 11.5 Å². The number of ether oxygens (including phenoxy) is 1. The van der Waals surface area contributed by atoms with E-state index in [9.17, 15) is 8.42 Å². The van der Waals surface area contributed by atoms with Gasteiger partial charge in [0.2, 0.25) is 0 Å². The summed E-state index contributed by atoms with van der Waals surface area (Å²) in [4.78, 5) is 0.111. The lowest BCUT2D eigenvalue weighted by Crippen LogP contribution is -2.33. The first-order valence-corrected chi connectivity index (χ1v) is 10.3. The van der Waals surface area contributed by atoms with Gasteiger partial charge in [0.1, 0.15) is 16.4 Å². The molecule has 0 bridgehead atoms. The van der Waals surface area contributed by atoms with Gasteiger partial charge in [-0.15, -0.1) is 0 Å². The van der Waals surface area contributed by atoms with Crippen LogP contribution in [-0.4, -0.2) is 15.0 Å². The molecule has 3 rings (SSSR count). The van der Waals surface area contributed by atoms with Crippen LogP contribution in [-0.2, 0) is 16.7 Å². The molecule has 0 spiro atoms. The molecule has 0 saturated carbocycles. The maximum absolute atomic E-state index is 12.4. The number of aryl methyl sites for hydroxylation is 2. The van der Waals surface area contributed by atoms with E-state index >= 15 is 0 Å². The van der Waals surface area contributed by atoms with Gasteiger partial charge in [0.25, 0.3) is 0 Å². The highest BCUT2D eigenvalue weighted by Crippen LogP contribution is 2.25. The van der Waals surface area contributed by atoms with Crippen molar-refractivity contribution in [2.24, 2.45) is 0 Å². The molecular weight excluding hydrogens is 376 g/mol. The third-order valence-corrected chi connectivity index (χ3v) is 5.27. The molecule has 0 aliphatic rings. The highest BCUT2D eigenvalue weighted by atomic mass is 32.2. The molecule has 1 aromatic heterocycles. The first kappa shape index (κ1) is 19.7.